The maximum atomic E-state index is 9.28. The van der Waals surface area contributed by atoms with Gasteiger partial charge in [-0.25, -0.2) is 0 Å². The zero-order valence-corrected chi connectivity index (χ0v) is 14.4. The van der Waals surface area contributed by atoms with Crippen molar-refractivity contribution >= 4 is 0 Å². The molecule has 0 aliphatic rings. The van der Waals surface area contributed by atoms with E-state index in [1.54, 1.807) is 20.8 Å². The Kier molecular flexibility index (Phi) is 8.70. The molecule has 0 heterocycles. The number of benzene rings is 1. The van der Waals surface area contributed by atoms with E-state index in [2.05, 4.69) is 35.5 Å². The third-order valence-corrected chi connectivity index (χ3v) is 2.82. The SMILES string of the molecule is CC(O)CC#Cc1cc(C#CCC(C)O)cc(C#CCC(C)O)c1. The van der Waals surface area contributed by atoms with Gasteiger partial charge in [-0.1, -0.05) is 35.5 Å². The standard InChI is InChI=1S/C21H24O3/c1-16(22)7-4-10-19-13-20(11-5-8-17(2)23)15-21(14-19)12-6-9-18(3)24/h13-18,22-24H,7-9H2,1-3H3. The molecule has 0 radical (unpaired) electrons. The van der Waals surface area contributed by atoms with Crippen LogP contribution < -0.4 is 0 Å². The van der Waals surface area contributed by atoms with E-state index in [1.807, 2.05) is 18.2 Å². The van der Waals surface area contributed by atoms with Gasteiger partial charge in [0, 0.05) is 36.0 Å². The van der Waals surface area contributed by atoms with Crippen molar-refractivity contribution in [3.63, 3.8) is 0 Å². The summed E-state index contributed by atoms with van der Waals surface area (Å²) in [6, 6.07) is 5.60. The van der Waals surface area contributed by atoms with Gasteiger partial charge in [0.25, 0.3) is 0 Å². The summed E-state index contributed by atoms with van der Waals surface area (Å²) in [5.41, 5.74) is 2.34. The molecule has 0 bridgehead atoms. The van der Waals surface area contributed by atoms with Crippen LogP contribution >= 0.6 is 0 Å². The first kappa shape index (κ1) is 19.8. The Hall–Kier alpha value is -2.22. The van der Waals surface area contributed by atoms with E-state index in [0.717, 1.165) is 16.7 Å². The first-order valence-electron chi connectivity index (χ1n) is 8.02. The van der Waals surface area contributed by atoms with Gasteiger partial charge in [-0.05, 0) is 39.0 Å². The molecule has 0 aromatic heterocycles. The summed E-state index contributed by atoms with van der Waals surface area (Å²) in [7, 11) is 0. The predicted octanol–water partition coefficient (Wildman–Crippen LogP) is 2.05. The van der Waals surface area contributed by atoms with E-state index < -0.39 is 18.3 Å². The van der Waals surface area contributed by atoms with Gasteiger partial charge in [-0.15, -0.1) is 0 Å². The Labute approximate surface area is 144 Å². The van der Waals surface area contributed by atoms with Crippen molar-refractivity contribution < 1.29 is 15.3 Å². The van der Waals surface area contributed by atoms with Crippen LogP contribution in [0.4, 0.5) is 0 Å². The van der Waals surface area contributed by atoms with E-state index in [0.29, 0.717) is 19.3 Å². The molecule has 0 aliphatic carbocycles. The molecule has 24 heavy (non-hydrogen) atoms. The predicted molar refractivity (Wildman–Crippen MR) is 96.0 cm³/mol. The van der Waals surface area contributed by atoms with Crippen LogP contribution in [0.1, 0.15) is 56.7 Å². The molecule has 1 aromatic carbocycles. The van der Waals surface area contributed by atoms with Gasteiger partial charge in [0.05, 0.1) is 18.3 Å². The Morgan fingerprint density at radius 2 is 0.875 bits per heavy atom. The second-order valence-corrected chi connectivity index (χ2v) is 5.86. The Morgan fingerprint density at radius 3 is 1.08 bits per heavy atom. The summed E-state index contributed by atoms with van der Waals surface area (Å²) in [5.74, 6) is 17.8. The highest BCUT2D eigenvalue weighted by molar-refractivity contribution is 5.51. The van der Waals surface area contributed by atoms with Crippen LogP contribution in [0, 0.1) is 35.5 Å². The maximum absolute atomic E-state index is 9.28. The van der Waals surface area contributed by atoms with E-state index in [-0.39, 0.29) is 0 Å². The fourth-order valence-electron chi connectivity index (χ4n) is 1.75. The topological polar surface area (TPSA) is 60.7 Å². The molecule has 0 aliphatic heterocycles. The van der Waals surface area contributed by atoms with Crippen LogP contribution in [-0.2, 0) is 0 Å². The average molecular weight is 324 g/mol. The molecule has 3 nitrogen and oxygen atoms in total. The summed E-state index contributed by atoms with van der Waals surface area (Å²) in [6.07, 6.45) is -0.173. The van der Waals surface area contributed by atoms with E-state index in [1.165, 1.54) is 0 Å². The van der Waals surface area contributed by atoms with Crippen LogP contribution in [-0.4, -0.2) is 33.6 Å². The highest BCUT2D eigenvalue weighted by Gasteiger charge is 1.98. The molecule has 3 unspecified atom stereocenters. The zero-order valence-electron chi connectivity index (χ0n) is 14.4. The van der Waals surface area contributed by atoms with Crippen molar-refractivity contribution in [2.45, 2.75) is 58.3 Å². The molecule has 3 heteroatoms. The number of hydrogen-bond donors (Lipinski definition) is 3. The van der Waals surface area contributed by atoms with Crippen LogP contribution in [0.25, 0.3) is 0 Å². The quantitative estimate of drug-likeness (QED) is 0.746. The number of hydrogen-bond acceptors (Lipinski definition) is 3. The summed E-state index contributed by atoms with van der Waals surface area (Å²) in [5, 5.41) is 27.8. The molecule has 3 N–H and O–H groups in total. The summed E-state index contributed by atoms with van der Waals surface area (Å²) in [6.45, 7) is 5.08. The molecule has 1 rings (SSSR count). The monoisotopic (exact) mass is 324 g/mol. The molecule has 0 saturated carbocycles. The Balaban J connectivity index is 3.09. The molecule has 0 saturated heterocycles. The molecular formula is C21H24O3. The minimum Gasteiger partial charge on any atom is -0.392 e. The largest absolute Gasteiger partial charge is 0.392 e. The molecule has 126 valence electrons. The second kappa shape index (κ2) is 10.5. The van der Waals surface area contributed by atoms with Gasteiger partial charge in [0.2, 0.25) is 0 Å². The third-order valence-electron chi connectivity index (χ3n) is 2.82. The molecule has 3 atom stereocenters. The third kappa shape index (κ3) is 9.04. The van der Waals surface area contributed by atoms with E-state index in [4.69, 9.17) is 0 Å². The molecule has 0 spiro atoms. The number of aliphatic hydroxyl groups excluding tert-OH is 3. The van der Waals surface area contributed by atoms with Crippen molar-refractivity contribution in [3.8, 4) is 35.5 Å². The van der Waals surface area contributed by atoms with Gasteiger partial charge < -0.3 is 15.3 Å². The average Bonchev–Trinajstić information content (AvgIpc) is 2.46. The zero-order chi connectivity index (χ0) is 17.9. The lowest BCUT2D eigenvalue weighted by Crippen LogP contribution is -1.96. The Morgan fingerprint density at radius 1 is 0.625 bits per heavy atom. The summed E-state index contributed by atoms with van der Waals surface area (Å²) < 4.78 is 0. The fourth-order valence-corrected chi connectivity index (χ4v) is 1.75. The molecular weight excluding hydrogens is 300 g/mol. The van der Waals surface area contributed by atoms with Crippen LogP contribution in [0.15, 0.2) is 18.2 Å². The lowest BCUT2D eigenvalue weighted by molar-refractivity contribution is 0.200. The van der Waals surface area contributed by atoms with Crippen molar-refractivity contribution in [1.82, 2.24) is 0 Å². The normalized spacial score (nSPS) is 13.2. The first-order chi connectivity index (χ1) is 11.4. The Bertz CT molecular complexity index is 598. The first-order valence-corrected chi connectivity index (χ1v) is 8.02. The van der Waals surface area contributed by atoms with Crippen LogP contribution in [0.2, 0.25) is 0 Å². The fraction of sp³-hybridized carbons (Fsp3) is 0.429. The maximum Gasteiger partial charge on any atom is 0.0621 e. The van der Waals surface area contributed by atoms with Gasteiger partial charge in [-0.2, -0.15) is 0 Å². The lowest BCUT2D eigenvalue weighted by atomic mass is 10.1. The highest BCUT2D eigenvalue weighted by Crippen LogP contribution is 2.09. The molecule has 1 aromatic rings. The van der Waals surface area contributed by atoms with E-state index in [9.17, 15) is 15.3 Å². The van der Waals surface area contributed by atoms with Gasteiger partial charge in [0.1, 0.15) is 0 Å². The number of aliphatic hydroxyl groups is 3. The van der Waals surface area contributed by atoms with Crippen molar-refractivity contribution in [2.75, 3.05) is 0 Å². The second-order valence-electron chi connectivity index (χ2n) is 5.86. The summed E-state index contributed by atoms with van der Waals surface area (Å²) >= 11 is 0. The van der Waals surface area contributed by atoms with Crippen LogP contribution in [0.3, 0.4) is 0 Å². The van der Waals surface area contributed by atoms with Gasteiger partial charge >= 0.3 is 0 Å². The highest BCUT2D eigenvalue weighted by atomic mass is 16.3. The van der Waals surface area contributed by atoms with E-state index >= 15 is 0 Å². The van der Waals surface area contributed by atoms with Gasteiger partial charge in [-0.3, -0.25) is 0 Å². The van der Waals surface area contributed by atoms with Crippen molar-refractivity contribution in [3.05, 3.63) is 34.9 Å². The minimum absolute atomic E-state index is 0.404. The van der Waals surface area contributed by atoms with Gasteiger partial charge in [0.15, 0.2) is 0 Å². The van der Waals surface area contributed by atoms with Crippen molar-refractivity contribution in [1.29, 1.82) is 0 Å². The smallest absolute Gasteiger partial charge is 0.0621 e. The minimum atomic E-state index is -0.461. The van der Waals surface area contributed by atoms with Crippen molar-refractivity contribution in [2.24, 2.45) is 0 Å². The molecule has 0 fully saturated rings. The summed E-state index contributed by atoms with van der Waals surface area (Å²) in [4.78, 5) is 0. The molecule has 0 amide bonds. The number of rotatable bonds is 3. The van der Waals surface area contributed by atoms with Crippen LogP contribution in [0.5, 0.6) is 0 Å². The lowest BCUT2D eigenvalue weighted by Gasteiger charge is -1.99.